The number of carbonyl (C=O) groups is 10. The Morgan fingerprint density at radius 3 is 1.23 bits per heavy atom. The van der Waals surface area contributed by atoms with Gasteiger partial charge in [-0.3, -0.25) is 0 Å². The van der Waals surface area contributed by atoms with E-state index in [1.54, 1.807) is 0 Å². The lowest BCUT2D eigenvalue weighted by Crippen LogP contribution is -2.61. The molecule has 52 nitrogen and oxygen atoms in total. The zero-order valence-corrected chi connectivity index (χ0v) is 65.4. The molecular weight excluding hydrogens is 1820 g/mol. The van der Waals surface area contributed by atoms with Crippen LogP contribution in [-0.2, 0) is 47.4 Å². The van der Waals surface area contributed by atoms with Gasteiger partial charge in [-0.25, -0.2) is 47.9 Å². The molecule has 0 aliphatic carbocycles. The van der Waals surface area contributed by atoms with Crippen molar-refractivity contribution >= 4 is 59.7 Å². The minimum atomic E-state index is -3.12. The summed E-state index contributed by atoms with van der Waals surface area (Å²) < 4.78 is 72.9. The van der Waals surface area contributed by atoms with Crippen LogP contribution in [-0.4, -0.2) is 270 Å². The summed E-state index contributed by atoms with van der Waals surface area (Å²) in [5.74, 6) is -66.2. The first-order chi connectivity index (χ1) is 63.2. The van der Waals surface area contributed by atoms with Crippen molar-refractivity contribution in [2.75, 3.05) is 13.2 Å². The molecular formula is C82H54O52. The zero-order valence-electron chi connectivity index (χ0n) is 65.4. The highest BCUT2D eigenvalue weighted by atomic mass is 16.7. The average Bonchev–Trinajstić information content (AvgIpc) is 1.17. The summed E-state index contributed by atoms with van der Waals surface area (Å²) in [6.07, 6.45) is -20.7. The number of carboxylic acid groups (broad SMARTS) is 2. The molecule has 8 unspecified atom stereocenters. The Kier molecular flexibility index (Phi) is 22.0. The Balaban J connectivity index is 0.819. The molecule has 0 radical (unpaired) electrons. The summed E-state index contributed by atoms with van der Waals surface area (Å²) in [6, 6.07) is 3.82. The first-order valence-corrected chi connectivity index (χ1v) is 36.9. The second kappa shape index (κ2) is 32.9. The molecule has 29 N–H and O–H groups in total. The first-order valence-electron chi connectivity index (χ1n) is 36.9. The molecule has 1 fully saturated rings. The van der Waals surface area contributed by atoms with Gasteiger partial charge in [-0.2, -0.15) is 0 Å². The molecule has 2 bridgehead atoms. The number of ether oxygens (including phenoxy) is 13. The zero-order chi connectivity index (χ0) is 97.5. The number of phenols is 25. The second-order valence-electron chi connectivity index (χ2n) is 28.6. The van der Waals surface area contributed by atoms with Crippen molar-refractivity contribution in [1.82, 2.24) is 0 Å². The van der Waals surface area contributed by atoms with Crippen LogP contribution in [0.2, 0.25) is 0 Å². The molecule has 0 saturated carbocycles. The number of aliphatic hydroxyl groups excluding tert-OH is 2. The maximum absolute atomic E-state index is 15.2. The molecule has 10 aromatic rings. The summed E-state index contributed by atoms with van der Waals surface area (Å²) in [5, 5.41) is 320. The van der Waals surface area contributed by atoms with E-state index in [2.05, 4.69) is 0 Å². The SMILES string of the molecule is O=C(OC1OC=COC(=O)c2cc3c(c(O)c2-c2c(cc(O)c(O)c2O)C(=O)OCC2OC(=O)c4cc(O)c(O)c(O)c4-c4c(cc(O)c(O)c4O)C(=O)OC21)Oc1cc(C(=O)OC2OC(CO)C4OC(=O)c5cc(O)c(O)c(O)c5-c5c(cc(O)c(O)c5O)C(=O)OC2C4O)cc(O)c1O3)c1cc(O)c(O)c(Oc2c(O)c(O)c(O)c(-c3c(C(=O)O)cc(O)c(O)c3O)c2C(=O)O)c1. The van der Waals surface area contributed by atoms with Gasteiger partial charge in [0, 0.05) is 45.0 Å². The number of benzene rings is 10. The molecule has 0 aromatic heterocycles. The number of aromatic hydroxyl groups is 25. The van der Waals surface area contributed by atoms with E-state index in [0.29, 0.717) is 30.3 Å². The van der Waals surface area contributed by atoms with Crippen LogP contribution in [0.3, 0.4) is 0 Å². The van der Waals surface area contributed by atoms with Crippen molar-refractivity contribution in [3.05, 3.63) is 135 Å². The van der Waals surface area contributed by atoms with Gasteiger partial charge < -0.3 is 210 Å². The normalized spacial score (nSPS) is 18.4. The quantitative estimate of drug-likeness (QED) is 0.0494. The molecule has 1 saturated heterocycles. The van der Waals surface area contributed by atoms with Gasteiger partial charge in [0.05, 0.1) is 62.2 Å². The molecule has 0 spiro atoms. The van der Waals surface area contributed by atoms with Gasteiger partial charge in [0.25, 0.3) is 6.29 Å². The number of phenolic OH excluding ortho intramolecular Hbond substituents is 25. The number of hydrogen-bond acceptors (Lipinski definition) is 50. The molecule has 52 heteroatoms. The van der Waals surface area contributed by atoms with Crippen molar-refractivity contribution < 1.29 is 258 Å². The van der Waals surface area contributed by atoms with Crippen LogP contribution in [0, 0.1) is 0 Å². The maximum Gasteiger partial charge on any atom is 0.343 e. The molecule has 15 rings (SSSR count). The van der Waals surface area contributed by atoms with E-state index in [-0.39, 0.29) is 48.9 Å². The van der Waals surface area contributed by atoms with E-state index < -0.39 is 400 Å². The van der Waals surface area contributed by atoms with Crippen LogP contribution >= 0.6 is 0 Å². The lowest BCUT2D eigenvalue weighted by molar-refractivity contribution is -0.283. The van der Waals surface area contributed by atoms with Gasteiger partial charge >= 0.3 is 59.7 Å². The van der Waals surface area contributed by atoms with E-state index >= 15 is 14.4 Å². The summed E-state index contributed by atoms with van der Waals surface area (Å²) in [5.41, 5.74) is -23.3. The predicted octanol–water partition coefficient (Wildman–Crippen LogP) is 4.84. The maximum atomic E-state index is 15.2. The monoisotopic (exact) mass is 1870 g/mol. The van der Waals surface area contributed by atoms with Gasteiger partial charge in [-0.05, 0) is 60.7 Å². The Labute approximate surface area is 734 Å². The number of hydrogen-bond donors (Lipinski definition) is 29. The summed E-state index contributed by atoms with van der Waals surface area (Å²) >= 11 is 0. The minimum Gasteiger partial charge on any atom is -0.504 e. The number of esters is 8. The van der Waals surface area contributed by atoms with Crippen molar-refractivity contribution in [3.63, 3.8) is 0 Å². The van der Waals surface area contributed by atoms with Crippen LogP contribution in [0.4, 0.5) is 0 Å². The highest BCUT2D eigenvalue weighted by Gasteiger charge is 2.54. The fourth-order valence-electron chi connectivity index (χ4n) is 14.5. The molecule has 0 amide bonds. The second-order valence-corrected chi connectivity index (χ2v) is 28.6. The Morgan fingerprint density at radius 1 is 0.351 bits per heavy atom. The van der Waals surface area contributed by atoms with Gasteiger partial charge in [0.1, 0.15) is 36.9 Å². The largest absolute Gasteiger partial charge is 0.504 e. The standard InChI is InChI=1S/C82H54O52/c83-14-36-67-64(109)70(132-80(121)23-12-31(90)53(98)59(104)43(23)41-21(78(119)130-67)10-29(88)51(96)57(41)102)82(129-36)134-74(115)17-4-32(91)65-34(6-17)127-66-35(126-65)13-24-44(61(66)106)39-19(8-27(86)49(94)55(39)100)76(117)124-15-37-68(131-79(120)22-11-30(89)52(97)58(103)42(22)40-20(77(118)128-37)9-28(87)50(95)56(40)101)81(123-2-1-122-75(24)116)133-73(114)16-3-25(84)47(92)33(5-16)125-69-46(72(112)113)45(60(105)62(107)63(69)108)38-18(71(110)111)7-26(85)48(93)54(38)99/h1-13,36-37,64,67-68,70,81-109H,14-15H2,(H,110,111)(H,112,113). The smallest absolute Gasteiger partial charge is 0.343 e. The van der Waals surface area contributed by atoms with Crippen LogP contribution in [0.1, 0.15) is 104 Å². The minimum absolute atomic E-state index is 0.130. The number of carboxylic acids is 2. The average molecular weight is 1870 g/mol. The first kappa shape index (κ1) is 89.5. The van der Waals surface area contributed by atoms with E-state index in [4.69, 9.17) is 61.6 Å². The van der Waals surface area contributed by atoms with Crippen LogP contribution in [0.5, 0.6) is 178 Å². The van der Waals surface area contributed by atoms with E-state index in [1.165, 1.54) is 0 Å². The van der Waals surface area contributed by atoms with Gasteiger partial charge in [0.2, 0.25) is 75.6 Å². The summed E-state index contributed by atoms with van der Waals surface area (Å²) in [4.78, 5) is 144. The number of aromatic carboxylic acids is 2. The van der Waals surface area contributed by atoms with Crippen molar-refractivity contribution in [2.45, 2.75) is 49.2 Å². The fraction of sp³-hybridized carbons (Fsp3) is 0.122. The van der Waals surface area contributed by atoms with Gasteiger partial charge in [-0.15, -0.1) is 0 Å². The molecule has 5 heterocycles. The van der Waals surface area contributed by atoms with Crippen LogP contribution in [0.15, 0.2) is 79.3 Å². The fourth-order valence-corrected chi connectivity index (χ4v) is 14.5. The Bertz CT molecular complexity index is 6960. The Hall–Kier alpha value is -19.3. The molecule has 10 aromatic carbocycles. The third-order valence-electron chi connectivity index (χ3n) is 20.8. The van der Waals surface area contributed by atoms with Gasteiger partial charge in [-0.1, -0.05) is 0 Å². The molecule has 694 valence electrons. The van der Waals surface area contributed by atoms with Crippen molar-refractivity contribution in [1.29, 1.82) is 0 Å². The van der Waals surface area contributed by atoms with Gasteiger partial charge in [0.15, 0.2) is 133 Å². The van der Waals surface area contributed by atoms with Crippen LogP contribution in [0.25, 0.3) is 44.5 Å². The third-order valence-corrected chi connectivity index (χ3v) is 20.8. The number of fused-ring (bicyclic) bond motifs is 14. The highest BCUT2D eigenvalue weighted by molar-refractivity contribution is 6.14. The lowest BCUT2D eigenvalue weighted by atomic mass is 9.91. The summed E-state index contributed by atoms with van der Waals surface area (Å²) in [6.45, 7) is -3.14. The van der Waals surface area contributed by atoms with Crippen LogP contribution < -0.4 is 14.2 Å². The van der Waals surface area contributed by atoms with E-state index in [1.807, 2.05) is 0 Å². The Morgan fingerprint density at radius 2 is 0.746 bits per heavy atom. The summed E-state index contributed by atoms with van der Waals surface area (Å²) in [7, 11) is 0. The molecule has 8 atom stereocenters. The number of carbonyl (C=O) groups excluding carboxylic acids is 8. The molecule has 134 heavy (non-hydrogen) atoms. The van der Waals surface area contributed by atoms with E-state index in [0.717, 1.165) is 0 Å². The predicted molar refractivity (Wildman–Crippen MR) is 415 cm³/mol. The molecule has 5 aliphatic rings. The van der Waals surface area contributed by atoms with Crippen molar-refractivity contribution in [2.24, 2.45) is 0 Å². The number of aliphatic hydroxyl groups is 2. The third kappa shape index (κ3) is 14.6. The van der Waals surface area contributed by atoms with E-state index in [9.17, 15) is 182 Å². The lowest BCUT2D eigenvalue weighted by Gasteiger charge is -2.42. The topological polar surface area (TPSA) is 877 Å². The molecule has 5 aliphatic heterocycles. The number of rotatable bonds is 10. The highest BCUT2D eigenvalue weighted by Crippen LogP contribution is 2.63. The van der Waals surface area contributed by atoms with Crippen molar-refractivity contribution in [3.8, 4) is 223 Å². The number of cyclic esters (lactones) is 2.